The summed E-state index contributed by atoms with van der Waals surface area (Å²) in [5, 5.41) is 49.5. The largest absolute Gasteiger partial charge is 0.731 e. The van der Waals surface area contributed by atoms with Gasteiger partial charge in [0.15, 0.2) is 0 Å². The zero-order valence-electron chi connectivity index (χ0n) is 13.2. The van der Waals surface area contributed by atoms with Gasteiger partial charge in [-0.05, 0) is 49.9 Å². The summed E-state index contributed by atoms with van der Waals surface area (Å²) < 4.78 is 0. The third kappa shape index (κ3) is 1.59. The normalized spacial score (nSPS) is 16.5. The van der Waals surface area contributed by atoms with E-state index in [2.05, 4.69) is 0 Å². The minimum atomic E-state index is 0.0970. The van der Waals surface area contributed by atoms with Gasteiger partial charge in [-0.25, -0.2) is 0 Å². The van der Waals surface area contributed by atoms with Gasteiger partial charge in [0.1, 0.15) is 0 Å². The third-order valence-electron chi connectivity index (χ3n) is 4.77. The lowest BCUT2D eigenvalue weighted by Gasteiger charge is -2.50. The van der Waals surface area contributed by atoms with Crippen LogP contribution in [-0.4, -0.2) is 0 Å². The lowest BCUT2D eigenvalue weighted by Crippen LogP contribution is -2.36. The first kappa shape index (κ1) is 15.2. The molecule has 0 radical (unpaired) electrons. The first-order chi connectivity index (χ1) is 11.3. The number of anilines is 4. The molecule has 0 saturated heterocycles. The minimum absolute atomic E-state index is 0.0970. The van der Waals surface area contributed by atoms with Crippen LogP contribution in [0.4, 0.5) is 22.7 Å². The second kappa shape index (κ2) is 4.60. The molecule has 24 heavy (non-hydrogen) atoms. The Morgan fingerprint density at radius 1 is 0.500 bits per heavy atom. The molecule has 2 heterocycles. The average molecular weight is 332 g/mol. The summed E-state index contributed by atoms with van der Waals surface area (Å²) in [6, 6.07) is 0. The van der Waals surface area contributed by atoms with E-state index >= 15 is 0 Å². The number of benzene rings is 2. The molecular formula is C14H12N4O6-4. The lowest BCUT2D eigenvalue weighted by atomic mass is 9.90. The minimum Gasteiger partial charge on any atom is -0.731 e. The standard InChI is InChI=1S/C14H12N4O6/c1-5-6(2)12-10-9-11(5)15(19)23-17(21)13(9)7(3)8(4)14(10)18(22)24-16(12)20/h1-4H3/q-4. The van der Waals surface area contributed by atoms with Gasteiger partial charge < -0.3 is 20.8 Å². The quantitative estimate of drug-likeness (QED) is 0.710. The van der Waals surface area contributed by atoms with Gasteiger partial charge in [0.05, 0.1) is 22.7 Å². The maximum Gasteiger partial charge on any atom is 0.0669 e. The Morgan fingerprint density at radius 2 is 0.708 bits per heavy atom. The Hall–Kier alpha value is -2.34. The zero-order valence-corrected chi connectivity index (χ0v) is 13.2. The van der Waals surface area contributed by atoms with Gasteiger partial charge in [-0.3, -0.25) is 20.9 Å². The molecule has 0 saturated carbocycles. The fourth-order valence-corrected chi connectivity index (χ4v) is 3.37. The van der Waals surface area contributed by atoms with Crippen molar-refractivity contribution in [2.24, 2.45) is 0 Å². The maximum atomic E-state index is 12.2. The highest BCUT2D eigenvalue weighted by atomic mass is 17.1. The Balaban J connectivity index is 2.35. The molecule has 0 aromatic heterocycles. The van der Waals surface area contributed by atoms with Gasteiger partial charge in [0.2, 0.25) is 0 Å². The fraction of sp³-hybridized carbons (Fsp3) is 0.286. The van der Waals surface area contributed by atoms with Gasteiger partial charge in [-0.1, -0.05) is 0 Å². The number of hydrogen-bond donors (Lipinski definition) is 0. The molecule has 0 unspecified atom stereocenters. The molecule has 10 nitrogen and oxygen atoms in total. The summed E-state index contributed by atoms with van der Waals surface area (Å²) >= 11 is 0. The predicted octanol–water partition coefficient (Wildman–Crippen LogP) is 3.01. The molecule has 2 aliphatic rings. The smallest absolute Gasteiger partial charge is 0.0669 e. The molecule has 4 rings (SSSR count). The lowest BCUT2D eigenvalue weighted by molar-refractivity contribution is 0.124. The van der Waals surface area contributed by atoms with Crippen LogP contribution in [0, 0.1) is 48.5 Å². The fourth-order valence-electron chi connectivity index (χ4n) is 3.37. The van der Waals surface area contributed by atoms with Crippen LogP contribution in [0.15, 0.2) is 0 Å². The first-order valence-electron chi connectivity index (χ1n) is 7.11. The van der Waals surface area contributed by atoms with Crippen LogP contribution in [0.2, 0.25) is 0 Å². The number of rotatable bonds is 0. The molecule has 0 atom stereocenters. The van der Waals surface area contributed by atoms with Crippen LogP contribution < -0.4 is 20.9 Å². The highest BCUT2D eigenvalue weighted by molar-refractivity contribution is 6.19. The molecule has 2 aromatic carbocycles. The summed E-state index contributed by atoms with van der Waals surface area (Å²) in [4.78, 5) is 9.40. The van der Waals surface area contributed by atoms with E-state index in [1.165, 1.54) is 0 Å². The third-order valence-corrected chi connectivity index (χ3v) is 4.77. The molecule has 0 spiro atoms. The summed E-state index contributed by atoms with van der Waals surface area (Å²) in [5.41, 5.74) is 2.23. The second-order valence-electron chi connectivity index (χ2n) is 5.84. The second-order valence-corrected chi connectivity index (χ2v) is 5.84. The van der Waals surface area contributed by atoms with Gasteiger partial charge in [0, 0.05) is 10.8 Å². The SMILES string of the molecule is Cc1c(C)c2c3c(c(C)c(C)c4c3c1N([O-])ON4[O-])N([O-])ON2[O-]. The Bertz CT molecular complexity index is 762. The summed E-state index contributed by atoms with van der Waals surface area (Å²) in [7, 11) is 0. The van der Waals surface area contributed by atoms with E-state index in [9.17, 15) is 20.8 Å². The van der Waals surface area contributed by atoms with E-state index in [4.69, 9.17) is 9.88 Å². The van der Waals surface area contributed by atoms with Crippen molar-refractivity contribution in [1.82, 2.24) is 0 Å². The molecule has 0 amide bonds. The molecule has 2 aromatic rings. The summed E-state index contributed by atoms with van der Waals surface area (Å²) in [6.45, 7) is 6.52. The van der Waals surface area contributed by atoms with Crippen molar-refractivity contribution >= 4 is 33.5 Å². The Labute approximate surface area is 136 Å². The van der Waals surface area contributed by atoms with E-state index in [-0.39, 0.29) is 54.4 Å². The van der Waals surface area contributed by atoms with E-state index < -0.39 is 0 Å². The van der Waals surface area contributed by atoms with Crippen LogP contribution in [0.25, 0.3) is 10.8 Å². The van der Waals surface area contributed by atoms with Crippen molar-refractivity contribution < 1.29 is 9.88 Å². The Kier molecular flexibility index (Phi) is 2.91. The number of nitrogens with zero attached hydrogens (tertiary/aromatic N) is 4. The highest BCUT2D eigenvalue weighted by Crippen LogP contribution is 2.54. The molecule has 10 heteroatoms. The van der Waals surface area contributed by atoms with Crippen LogP contribution in [0.5, 0.6) is 0 Å². The summed E-state index contributed by atoms with van der Waals surface area (Å²) in [6.07, 6.45) is 0. The highest BCUT2D eigenvalue weighted by Gasteiger charge is 2.31. The van der Waals surface area contributed by atoms with Crippen LogP contribution in [0.3, 0.4) is 0 Å². The van der Waals surface area contributed by atoms with Crippen LogP contribution in [0.1, 0.15) is 22.3 Å². The Morgan fingerprint density at radius 3 is 0.917 bits per heavy atom. The molecule has 0 fully saturated rings. The van der Waals surface area contributed by atoms with Crippen molar-refractivity contribution in [3.63, 3.8) is 0 Å². The van der Waals surface area contributed by atoms with E-state index in [0.29, 0.717) is 22.3 Å². The van der Waals surface area contributed by atoms with Gasteiger partial charge >= 0.3 is 0 Å². The van der Waals surface area contributed by atoms with Crippen molar-refractivity contribution in [2.45, 2.75) is 27.7 Å². The topological polar surface area (TPSA) is 124 Å². The molecular weight excluding hydrogens is 320 g/mol. The van der Waals surface area contributed by atoms with Crippen LogP contribution >= 0.6 is 0 Å². The first-order valence-corrected chi connectivity index (χ1v) is 7.11. The van der Waals surface area contributed by atoms with Crippen molar-refractivity contribution in [2.75, 3.05) is 20.9 Å². The zero-order chi connectivity index (χ0) is 17.5. The van der Waals surface area contributed by atoms with Crippen molar-refractivity contribution in [3.05, 3.63) is 43.1 Å². The van der Waals surface area contributed by atoms with Crippen LogP contribution in [-0.2, 0) is 9.88 Å². The van der Waals surface area contributed by atoms with Gasteiger partial charge in [0.25, 0.3) is 0 Å². The van der Waals surface area contributed by atoms with E-state index in [1.54, 1.807) is 27.7 Å². The average Bonchev–Trinajstić information content (AvgIpc) is 2.49. The monoisotopic (exact) mass is 332 g/mol. The molecule has 128 valence electrons. The van der Waals surface area contributed by atoms with Gasteiger partial charge in [-0.15, -0.1) is 0 Å². The number of hydrogen-bond acceptors (Lipinski definition) is 10. The predicted molar refractivity (Wildman–Crippen MR) is 88.5 cm³/mol. The van der Waals surface area contributed by atoms with Crippen molar-refractivity contribution in [3.8, 4) is 0 Å². The molecule has 0 N–H and O–H groups in total. The maximum absolute atomic E-state index is 12.2. The van der Waals surface area contributed by atoms with Gasteiger partial charge in [-0.2, -0.15) is 9.88 Å². The molecule has 2 aliphatic heterocycles. The summed E-state index contributed by atoms with van der Waals surface area (Å²) in [5.74, 6) is 0. The van der Waals surface area contributed by atoms with E-state index in [0.717, 1.165) is 0 Å². The van der Waals surface area contributed by atoms with E-state index in [1.807, 2.05) is 0 Å². The van der Waals surface area contributed by atoms with Crippen molar-refractivity contribution in [1.29, 1.82) is 0 Å². The molecule has 0 aliphatic carbocycles. The molecule has 0 bridgehead atoms.